The molecule has 0 spiro atoms. The minimum Gasteiger partial charge on any atom is -0.352 e. The predicted molar refractivity (Wildman–Crippen MR) is 133 cm³/mol. The van der Waals surface area contributed by atoms with Gasteiger partial charge in [-0.05, 0) is 56.5 Å². The number of carbonyl (C=O) groups excluding carboxylic acids is 2. The zero-order valence-corrected chi connectivity index (χ0v) is 21.3. The Morgan fingerprint density at radius 2 is 1.76 bits per heavy atom. The molecule has 7 nitrogen and oxygen atoms in total. The third-order valence-corrected chi connectivity index (χ3v) is 6.95. The van der Waals surface area contributed by atoms with Gasteiger partial charge in [-0.2, -0.15) is 0 Å². The molecule has 0 aliphatic heterocycles. The Balaban J connectivity index is 2.40. The van der Waals surface area contributed by atoms with E-state index >= 15 is 0 Å². The van der Waals surface area contributed by atoms with Crippen molar-refractivity contribution in [2.45, 2.75) is 52.7 Å². The second kappa shape index (κ2) is 11.5. The average molecular weight is 494 g/mol. The first-order valence-corrected chi connectivity index (χ1v) is 13.0. The smallest absolute Gasteiger partial charge is 0.244 e. The molecule has 0 unspecified atom stereocenters. The second-order valence-corrected chi connectivity index (χ2v) is 10.5. The number of rotatable bonds is 10. The van der Waals surface area contributed by atoms with Gasteiger partial charge >= 0.3 is 0 Å². The molecule has 0 fully saturated rings. The summed E-state index contributed by atoms with van der Waals surface area (Å²) < 4.78 is 26.2. The van der Waals surface area contributed by atoms with Crippen LogP contribution in [0.5, 0.6) is 0 Å². The lowest BCUT2D eigenvalue weighted by Gasteiger charge is -2.32. The van der Waals surface area contributed by atoms with E-state index in [0.29, 0.717) is 16.3 Å². The largest absolute Gasteiger partial charge is 0.352 e. The van der Waals surface area contributed by atoms with Crippen LogP contribution in [-0.2, 0) is 26.2 Å². The molecular formula is C24H32ClN3O4S. The molecule has 2 aromatic carbocycles. The third kappa shape index (κ3) is 7.47. The summed E-state index contributed by atoms with van der Waals surface area (Å²) in [4.78, 5) is 27.7. The molecule has 2 amide bonds. The Bertz CT molecular complexity index is 1090. The van der Waals surface area contributed by atoms with E-state index in [4.69, 9.17) is 11.6 Å². The van der Waals surface area contributed by atoms with Gasteiger partial charge in [0.05, 0.1) is 11.9 Å². The number of benzene rings is 2. The predicted octanol–water partition coefficient (Wildman–Crippen LogP) is 3.75. The highest BCUT2D eigenvalue weighted by Gasteiger charge is 2.30. The number of carbonyl (C=O) groups is 2. The molecule has 0 bridgehead atoms. The molecule has 0 aromatic heterocycles. The molecule has 2 atom stereocenters. The van der Waals surface area contributed by atoms with Gasteiger partial charge in [-0.1, -0.05) is 48.9 Å². The summed E-state index contributed by atoms with van der Waals surface area (Å²) in [5, 5.41) is 3.35. The van der Waals surface area contributed by atoms with Gasteiger partial charge in [0.2, 0.25) is 21.8 Å². The highest BCUT2D eigenvalue weighted by Crippen LogP contribution is 2.22. The SMILES string of the molecule is CC[C@H](C)NC(=O)[C@H](C)N(Cc1ccccc1Cl)C(=O)CN(c1cccc(C)c1)S(C)(=O)=O. The molecule has 0 saturated heterocycles. The number of halogens is 1. The van der Waals surface area contributed by atoms with Crippen LogP contribution in [0.15, 0.2) is 48.5 Å². The van der Waals surface area contributed by atoms with Crippen LogP contribution >= 0.6 is 11.6 Å². The highest BCUT2D eigenvalue weighted by atomic mass is 35.5. The molecule has 0 heterocycles. The number of amides is 2. The molecule has 180 valence electrons. The van der Waals surface area contributed by atoms with E-state index in [0.717, 1.165) is 22.5 Å². The van der Waals surface area contributed by atoms with E-state index < -0.39 is 28.5 Å². The third-order valence-electron chi connectivity index (χ3n) is 5.44. The van der Waals surface area contributed by atoms with Crippen LogP contribution in [0.25, 0.3) is 0 Å². The minimum absolute atomic E-state index is 0.0583. The van der Waals surface area contributed by atoms with Crippen molar-refractivity contribution in [2.24, 2.45) is 0 Å². The average Bonchev–Trinajstić information content (AvgIpc) is 2.75. The number of sulfonamides is 1. The zero-order valence-electron chi connectivity index (χ0n) is 19.7. The summed E-state index contributed by atoms with van der Waals surface area (Å²) in [7, 11) is -3.75. The summed E-state index contributed by atoms with van der Waals surface area (Å²) >= 11 is 6.31. The number of nitrogens with zero attached hydrogens (tertiary/aromatic N) is 2. The van der Waals surface area contributed by atoms with Crippen molar-refractivity contribution in [1.82, 2.24) is 10.2 Å². The van der Waals surface area contributed by atoms with Crippen LogP contribution in [0.2, 0.25) is 5.02 Å². The van der Waals surface area contributed by atoms with Gasteiger partial charge in [0.15, 0.2) is 0 Å². The van der Waals surface area contributed by atoms with Crippen molar-refractivity contribution >= 4 is 39.1 Å². The van der Waals surface area contributed by atoms with Crippen molar-refractivity contribution < 1.29 is 18.0 Å². The van der Waals surface area contributed by atoms with Crippen molar-refractivity contribution in [3.63, 3.8) is 0 Å². The van der Waals surface area contributed by atoms with Crippen molar-refractivity contribution in [2.75, 3.05) is 17.1 Å². The van der Waals surface area contributed by atoms with E-state index in [1.54, 1.807) is 49.4 Å². The Hall–Kier alpha value is -2.58. The van der Waals surface area contributed by atoms with Crippen LogP contribution in [-0.4, -0.2) is 50.0 Å². The maximum absolute atomic E-state index is 13.5. The normalized spacial score (nSPS) is 13.2. The standard InChI is InChI=1S/C24H32ClN3O4S/c1-6-18(3)26-24(30)19(4)27(15-20-11-7-8-13-22(20)25)23(29)16-28(33(5,31)32)21-12-9-10-17(2)14-21/h7-14,18-19H,6,15-16H2,1-5H3,(H,26,30)/t18-,19-/m0/s1. The fraction of sp³-hybridized carbons (Fsp3) is 0.417. The maximum Gasteiger partial charge on any atom is 0.244 e. The Morgan fingerprint density at radius 1 is 1.09 bits per heavy atom. The number of aryl methyl sites for hydroxylation is 1. The van der Waals surface area contributed by atoms with E-state index in [2.05, 4.69) is 5.32 Å². The van der Waals surface area contributed by atoms with Crippen molar-refractivity contribution in [3.05, 3.63) is 64.7 Å². The van der Waals surface area contributed by atoms with Gasteiger partial charge in [-0.3, -0.25) is 13.9 Å². The molecular weight excluding hydrogens is 462 g/mol. The molecule has 2 rings (SSSR count). The lowest BCUT2D eigenvalue weighted by atomic mass is 10.1. The van der Waals surface area contributed by atoms with Gasteiger partial charge in [0.25, 0.3) is 0 Å². The van der Waals surface area contributed by atoms with Crippen LogP contribution in [0.1, 0.15) is 38.3 Å². The fourth-order valence-corrected chi connectivity index (χ4v) is 4.29. The topological polar surface area (TPSA) is 86.8 Å². The van der Waals surface area contributed by atoms with Crippen molar-refractivity contribution in [1.29, 1.82) is 0 Å². The highest BCUT2D eigenvalue weighted by molar-refractivity contribution is 7.92. The fourth-order valence-electron chi connectivity index (χ4n) is 3.26. The molecule has 0 aliphatic carbocycles. The summed E-state index contributed by atoms with van der Waals surface area (Å²) in [5.41, 5.74) is 1.92. The second-order valence-electron chi connectivity index (χ2n) is 8.22. The molecule has 2 aromatic rings. The van der Waals surface area contributed by atoms with Crippen molar-refractivity contribution in [3.8, 4) is 0 Å². The summed E-state index contributed by atoms with van der Waals surface area (Å²) in [6.07, 6.45) is 1.80. The Labute approximate surface area is 201 Å². The first-order valence-electron chi connectivity index (χ1n) is 10.8. The lowest BCUT2D eigenvalue weighted by molar-refractivity contribution is -0.139. The maximum atomic E-state index is 13.5. The van der Waals surface area contributed by atoms with E-state index in [1.807, 2.05) is 26.8 Å². The lowest BCUT2D eigenvalue weighted by Crippen LogP contribution is -2.52. The van der Waals surface area contributed by atoms with Gasteiger partial charge in [-0.25, -0.2) is 8.42 Å². The number of anilines is 1. The van der Waals surface area contributed by atoms with Gasteiger partial charge in [0, 0.05) is 17.6 Å². The van der Waals surface area contributed by atoms with Crippen LogP contribution in [0, 0.1) is 6.92 Å². The molecule has 0 radical (unpaired) electrons. The van der Waals surface area contributed by atoms with Gasteiger partial charge < -0.3 is 10.2 Å². The number of nitrogens with one attached hydrogen (secondary N) is 1. The Morgan fingerprint density at radius 3 is 2.33 bits per heavy atom. The summed E-state index contributed by atoms with van der Waals surface area (Å²) in [5.74, 6) is -0.820. The van der Waals surface area contributed by atoms with E-state index in [9.17, 15) is 18.0 Å². The monoisotopic (exact) mass is 493 g/mol. The van der Waals surface area contributed by atoms with Gasteiger partial charge in [-0.15, -0.1) is 0 Å². The molecule has 9 heteroatoms. The van der Waals surface area contributed by atoms with E-state index in [1.165, 1.54) is 4.90 Å². The molecule has 1 N–H and O–H groups in total. The van der Waals surface area contributed by atoms with Gasteiger partial charge in [0.1, 0.15) is 12.6 Å². The first-order chi connectivity index (χ1) is 15.4. The number of hydrogen-bond donors (Lipinski definition) is 1. The molecule has 0 saturated carbocycles. The van der Waals surface area contributed by atoms with Crippen LogP contribution in [0.4, 0.5) is 5.69 Å². The zero-order chi connectivity index (χ0) is 24.8. The minimum atomic E-state index is -3.75. The first kappa shape index (κ1) is 26.7. The van der Waals surface area contributed by atoms with Crippen LogP contribution < -0.4 is 9.62 Å². The number of hydrogen-bond acceptors (Lipinski definition) is 4. The van der Waals surface area contributed by atoms with Crippen LogP contribution in [0.3, 0.4) is 0 Å². The molecule has 0 aliphatic rings. The quantitative estimate of drug-likeness (QED) is 0.546. The molecule has 33 heavy (non-hydrogen) atoms. The van der Waals surface area contributed by atoms with E-state index in [-0.39, 0.29) is 18.5 Å². The Kier molecular flexibility index (Phi) is 9.31. The summed E-state index contributed by atoms with van der Waals surface area (Å²) in [6.45, 7) is 6.94. The summed E-state index contributed by atoms with van der Waals surface area (Å²) in [6, 6.07) is 13.1.